The van der Waals surface area contributed by atoms with E-state index in [1.807, 2.05) is 6.08 Å². The molecule has 1 nitrogen and oxygen atoms in total. The number of benzene rings is 1. The number of carbonyl (C=O) groups excluding carboxylic acids is 1. The molecule has 17 heavy (non-hydrogen) atoms. The van der Waals surface area contributed by atoms with Gasteiger partial charge in [-0.2, -0.15) is 0 Å². The Morgan fingerprint density at radius 2 is 2.06 bits per heavy atom. The topological polar surface area (TPSA) is 17.1 Å². The smallest absolute Gasteiger partial charge is 0.146 e. The first-order chi connectivity index (χ1) is 8.24. The van der Waals surface area contributed by atoms with Crippen molar-refractivity contribution in [2.24, 2.45) is 0 Å². The first-order valence-corrected chi connectivity index (χ1v) is 6.19. The lowest BCUT2D eigenvalue weighted by atomic mass is 9.91. The second-order valence-corrected chi connectivity index (χ2v) is 4.55. The van der Waals surface area contributed by atoms with Crippen molar-refractivity contribution in [1.29, 1.82) is 0 Å². The quantitative estimate of drug-likeness (QED) is 0.715. The SMILES string of the molecule is CCc1cc(C2=CC=C(C=O)CC2)ccc1C. The molecule has 1 aliphatic rings. The van der Waals surface area contributed by atoms with Crippen LogP contribution in [-0.2, 0) is 11.2 Å². The molecule has 0 spiro atoms. The zero-order valence-corrected chi connectivity index (χ0v) is 10.5. The Bertz CT molecular complexity index is 492. The minimum absolute atomic E-state index is 0.866. The lowest BCUT2D eigenvalue weighted by Gasteiger charge is -2.13. The van der Waals surface area contributed by atoms with E-state index in [0.717, 1.165) is 31.1 Å². The normalized spacial score (nSPS) is 15.2. The van der Waals surface area contributed by atoms with E-state index in [1.54, 1.807) is 0 Å². The highest BCUT2D eigenvalue weighted by atomic mass is 16.1. The second-order valence-electron chi connectivity index (χ2n) is 4.55. The van der Waals surface area contributed by atoms with Gasteiger partial charge in [-0.15, -0.1) is 0 Å². The van der Waals surface area contributed by atoms with Crippen LogP contribution in [0, 0.1) is 6.92 Å². The third-order valence-corrected chi connectivity index (χ3v) is 3.43. The van der Waals surface area contributed by atoms with Crippen molar-refractivity contribution in [1.82, 2.24) is 0 Å². The summed E-state index contributed by atoms with van der Waals surface area (Å²) in [5.41, 5.74) is 6.31. The molecule has 1 heteroatoms. The van der Waals surface area contributed by atoms with Gasteiger partial charge in [0.2, 0.25) is 0 Å². The number of carbonyl (C=O) groups is 1. The van der Waals surface area contributed by atoms with E-state index in [4.69, 9.17) is 0 Å². The van der Waals surface area contributed by atoms with Gasteiger partial charge in [0.15, 0.2) is 0 Å². The second kappa shape index (κ2) is 5.13. The summed E-state index contributed by atoms with van der Waals surface area (Å²) in [5, 5.41) is 0. The van der Waals surface area contributed by atoms with Crippen LogP contribution in [-0.4, -0.2) is 6.29 Å². The molecule has 0 atom stereocenters. The summed E-state index contributed by atoms with van der Waals surface area (Å²) in [4.78, 5) is 10.7. The highest BCUT2D eigenvalue weighted by Gasteiger charge is 2.08. The maximum Gasteiger partial charge on any atom is 0.146 e. The molecule has 0 N–H and O–H groups in total. The highest BCUT2D eigenvalue weighted by Crippen LogP contribution is 2.27. The molecule has 0 unspecified atom stereocenters. The van der Waals surface area contributed by atoms with Gasteiger partial charge in [0, 0.05) is 0 Å². The summed E-state index contributed by atoms with van der Waals surface area (Å²) in [6.45, 7) is 4.34. The fraction of sp³-hybridized carbons (Fsp3) is 0.312. The summed E-state index contributed by atoms with van der Waals surface area (Å²) < 4.78 is 0. The summed E-state index contributed by atoms with van der Waals surface area (Å²) in [5.74, 6) is 0. The maximum atomic E-state index is 10.7. The molecule has 0 aliphatic heterocycles. The lowest BCUT2D eigenvalue weighted by Crippen LogP contribution is -1.96. The summed E-state index contributed by atoms with van der Waals surface area (Å²) in [6.07, 6.45) is 7.89. The molecule has 0 bridgehead atoms. The number of rotatable bonds is 3. The summed E-state index contributed by atoms with van der Waals surface area (Å²) in [6, 6.07) is 6.65. The van der Waals surface area contributed by atoms with Crippen LogP contribution in [0.4, 0.5) is 0 Å². The minimum atomic E-state index is 0.866. The Hall–Kier alpha value is -1.63. The van der Waals surface area contributed by atoms with Crippen LogP contribution >= 0.6 is 0 Å². The van der Waals surface area contributed by atoms with Crippen molar-refractivity contribution in [3.8, 4) is 0 Å². The van der Waals surface area contributed by atoms with E-state index in [9.17, 15) is 4.79 Å². The lowest BCUT2D eigenvalue weighted by molar-refractivity contribution is -0.105. The fourth-order valence-electron chi connectivity index (χ4n) is 2.24. The Balaban J connectivity index is 2.32. The molecule has 0 saturated carbocycles. The number of hydrogen-bond donors (Lipinski definition) is 0. The van der Waals surface area contributed by atoms with Crippen LogP contribution in [0.2, 0.25) is 0 Å². The Morgan fingerprint density at radius 1 is 1.24 bits per heavy atom. The van der Waals surface area contributed by atoms with Gasteiger partial charge < -0.3 is 0 Å². The Kier molecular flexibility index (Phi) is 3.58. The monoisotopic (exact) mass is 226 g/mol. The van der Waals surface area contributed by atoms with Crippen molar-refractivity contribution >= 4 is 11.9 Å². The van der Waals surface area contributed by atoms with E-state index in [-0.39, 0.29) is 0 Å². The van der Waals surface area contributed by atoms with Crippen LogP contribution in [0.15, 0.2) is 35.9 Å². The van der Waals surface area contributed by atoms with Crippen LogP contribution < -0.4 is 0 Å². The maximum absolute atomic E-state index is 10.7. The molecule has 0 fully saturated rings. The Morgan fingerprint density at radius 3 is 2.65 bits per heavy atom. The number of hydrogen-bond acceptors (Lipinski definition) is 1. The Labute approximate surface area is 103 Å². The molecular weight excluding hydrogens is 208 g/mol. The zero-order chi connectivity index (χ0) is 12.3. The summed E-state index contributed by atoms with van der Waals surface area (Å²) >= 11 is 0. The van der Waals surface area contributed by atoms with Crippen LogP contribution in [0.25, 0.3) is 5.57 Å². The van der Waals surface area contributed by atoms with Crippen molar-refractivity contribution < 1.29 is 4.79 Å². The van der Waals surface area contributed by atoms with Gasteiger partial charge in [-0.3, -0.25) is 4.79 Å². The minimum Gasteiger partial charge on any atom is -0.298 e. The molecule has 0 amide bonds. The standard InChI is InChI=1S/C16H18O/c1-3-14-10-16(7-4-12(14)2)15-8-5-13(11-17)6-9-15/h4-5,7-8,10-11H,3,6,9H2,1-2H3. The molecule has 1 aliphatic carbocycles. The van der Waals surface area contributed by atoms with Crippen LogP contribution in [0.3, 0.4) is 0 Å². The number of aldehydes is 1. The third kappa shape index (κ3) is 2.55. The van der Waals surface area contributed by atoms with E-state index in [0.29, 0.717) is 0 Å². The van der Waals surface area contributed by atoms with E-state index >= 15 is 0 Å². The van der Waals surface area contributed by atoms with Crippen molar-refractivity contribution in [3.05, 3.63) is 52.6 Å². The summed E-state index contributed by atoms with van der Waals surface area (Å²) in [7, 11) is 0. The molecule has 2 rings (SSSR count). The van der Waals surface area contributed by atoms with E-state index in [1.165, 1.54) is 22.3 Å². The van der Waals surface area contributed by atoms with Gasteiger partial charge >= 0.3 is 0 Å². The molecule has 0 saturated heterocycles. The first kappa shape index (κ1) is 11.8. The van der Waals surface area contributed by atoms with Gasteiger partial charge in [0.25, 0.3) is 0 Å². The highest BCUT2D eigenvalue weighted by molar-refractivity contribution is 5.79. The molecule has 0 aromatic heterocycles. The van der Waals surface area contributed by atoms with Crippen LogP contribution in [0.1, 0.15) is 36.5 Å². The molecule has 1 aromatic carbocycles. The average molecular weight is 226 g/mol. The molecule has 0 radical (unpaired) electrons. The van der Waals surface area contributed by atoms with Crippen molar-refractivity contribution in [2.75, 3.05) is 0 Å². The van der Waals surface area contributed by atoms with Crippen molar-refractivity contribution in [3.63, 3.8) is 0 Å². The average Bonchev–Trinajstić information content (AvgIpc) is 2.39. The largest absolute Gasteiger partial charge is 0.298 e. The molecule has 0 heterocycles. The van der Waals surface area contributed by atoms with Gasteiger partial charge in [-0.25, -0.2) is 0 Å². The molecule has 1 aromatic rings. The third-order valence-electron chi connectivity index (χ3n) is 3.43. The molecular formula is C16H18O. The number of aryl methyl sites for hydroxylation is 2. The predicted octanol–water partition coefficient (Wildman–Crippen LogP) is 3.86. The van der Waals surface area contributed by atoms with E-state index in [2.05, 4.69) is 38.1 Å². The van der Waals surface area contributed by atoms with E-state index < -0.39 is 0 Å². The van der Waals surface area contributed by atoms with Gasteiger partial charge in [-0.1, -0.05) is 37.3 Å². The molecule has 88 valence electrons. The fourth-order valence-corrected chi connectivity index (χ4v) is 2.24. The predicted molar refractivity (Wildman–Crippen MR) is 71.9 cm³/mol. The zero-order valence-electron chi connectivity index (χ0n) is 10.5. The van der Waals surface area contributed by atoms with Crippen molar-refractivity contribution in [2.45, 2.75) is 33.1 Å². The number of allylic oxidation sites excluding steroid dienone is 4. The van der Waals surface area contributed by atoms with Gasteiger partial charge in [0.1, 0.15) is 6.29 Å². The van der Waals surface area contributed by atoms with Gasteiger partial charge in [0.05, 0.1) is 0 Å². The van der Waals surface area contributed by atoms with Gasteiger partial charge in [-0.05, 0) is 54.0 Å². The first-order valence-electron chi connectivity index (χ1n) is 6.19. The van der Waals surface area contributed by atoms with Crippen LogP contribution in [0.5, 0.6) is 0 Å².